The number of carbonyl (C=O) groups is 3. The summed E-state index contributed by atoms with van der Waals surface area (Å²) in [6.45, 7) is 0.394. The van der Waals surface area contributed by atoms with Crippen LogP contribution >= 0.6 is 0 Å². The van der Waals surface area contributed by atoms with Crippen LogP contribution < -0.4 is 20.2 Å². The minimum Gasteiger partial charge on any atom is -0.497 e. The SMILES string of the molecule is COc1ccc(/C=C/C(=O)Oc2cccc(C=NNC(=O)[C@@H]3C(=O)NC[C@@H]3c3ccccc3)c2)cc1. The highest BCUT2D eigenvalue weighted by atomic mass is 16.5. The first-order chi connectivity index (χ1) is 17.5. The van der Waals surface area contributed by atoms with Crippen molar-refractivity contribution in [3.8, 4) is 11.5 Å². The molecule has 0 unspecified atom stereocenters. The normalized spacial score (nSPS) is 17.2. The Morgan fingerprint density at radius 1 is 0.972 bits per heavy atom. The molecule has 1 aliphatic rings. The van der Waals surface area contributed by atoms with E-state index in [9.17, 15) is 14.4 Å². The molecule has 1 aliphatic heterocycles. The zero-order valence-corrected chi connectivity index (χ0v) is 19.6. The summed E-state index contributed by atoms with van der Waals surface area (Å²) >= 11 is 0. The van der Waals surface area contributed by atoms with Gasteiger partial charge in [-0.25, -0.2) is 10.2 Å². The highest BCUT2D eigenvalue weighted by Gasteiger charge is 2.40. The van der Waals surface area contributed by atoms with E-state index in [4.69, 9.17) is 9.47 Å². The Hall–Kier alpha value is -4.72. The van der Waals surface area contributed by atoms with E-state index >= 15 is 0 Å². The van der Waals surface area contributed by atoms with Gasteiger partial charge in [0.25, 0.3) is 5.91 Å². The second kappa shape index (κ2) is 11.6. The molecular weight excluding hydrogens is 458 g/mol. The zero-order chi connectivity index (χ0) is 25.3. The van der Waals surface area contributed by atoms with Crippen molar-refractivity contribution in [3.63, 3.8) is 0 Å². The summed E-state index contributed by atoms with van der Waals surface area (Å²) in [5, 5.41) is 6.74. The summed E-state index contributed by atoms with van der Waals surface area (Å²) < 4.78 is 10.5. The number of hydrogen-bond donors (Lipinski definition) is 2. The molecule has 182 valence electrons. The van der Waals surface area contributed by atoms with Crippen LogP contribution in [0.25, 0.3) is 6.08 Å². The molecule has 3 aromatic carbocycles. The van der Waals surface area contributed by atoms with Crippen LogP contribution in [0, 0.1) is 5.92 Å². The molecule has 0 aliphatic carbocycles. The average molecular weight is 484 g/mol. The molecule has 2 N–H and O–H groups in total. The molecule has 0 saturated carbocycles. The van der Waals surface area contributed by atoms with Gasteiger partial charge in [0, 0.05) is 18.5 Å². The van der Waals surface area contributed by atoms with Gasteiger partial charge in [0.2, 0.25) is 5.91 Å². The second-order valence-corrected chi connectivity index (χ2v) is 8.07. The van der Waals surface area contributed by atoms with Gasteiger partial charge in [-0.3, -0.25) is 9.59 Å². The van der Waals surface area contributed by atoms with Gasteiger partial charge in [-0.15, -0.1) is 0 Å². The molecule has 0 radical (unpaired) electrons. The number of methoxy groups -OCH3 is 1. The smallest absolute Gasteiger partial charge is 0.336 e. The van der Waals surface area contributed by atoms with E-state index in [-0.39, 0.29) is 11.8 Å². The molecule has 1 saturated heterocycles. The van der Waals surface area contributed by atoms with Gasteiger partial charge in [-0.1, -0.05) is 54.6 Å². The first kappa shape index (κ1) is 24.4. The minimum atomic E-state index is -0.866. The van der Waals surface area contributed by atoms with Gasteiger partial charge >= 0.3 is 5.97 Å². The monoisotopic (exact) mass is 483 g/mol. The fraction of sp³-hybridized carbons (Fsp3) is 0.143. The Morgan fingerprint density at radius 3 is 2.50 bits per heavy atom. The number of amides is 2. The molecule has 8 heteroatoms. The maximum atomic E-state index is 12.7. The summed E-state index contributed by atoms with van der Waals surface area (Å²) in [5.41, 5.74) is 4.80. The van der Waals surface area contributed by atoms with E-state index in [1.165, 1.54) is 12.3 Å². The van der Waals surface area contributed by atoms with Crippen molar-refractivity contribution >= 4 is 30.1 Å². The summed E-state index contributed by atoms with van der Waals surface area (Å²) in [6, 6.07) is 23.4. The van der Waals surface area contributed by atoms with Gasteiger partial charge in [-0.2, -0.15) is 5.10 Å². The third kappa shape index (κ3) is 6.24. The van der Waals surface area contributed by atoms with Crippen molar-refractivity contribution in [1.29, 1.82) is 0 Å². The van der Waals surface area contributed by atoms with E-state index in [1.807, 2.05) is 42.5 Å². The molecule has 2 atom stereocenters. The Morgan fingerprint density at radius 2 is 1.75 bits per heavy atom. The lowest BCUT2D eigenvalue weighted by molar-refractivity contribution is -0.133. The lowest BCUT2D eigenvalue weighted by Gasteiger charge is -2.15. The Bertz CT molecular complexity index is 1290. The first-order valence-electron chi connectivity index (χ1n) is 11.3. The van der Waals surface area contributed by atoms with Gasteiger partial charge in [-0.05, 0) is 47.0 Å². The fourth-order valence-corrected chi connectivity index (χ4v) is 3.86. The first-order valence-corrected chi connectivity index (χ1v) is 11.3. The van der Waals surface area contributed by atoms with Gasteiger partial charge in [0.15, 0.2) is 0 Å². The van der Waals surface area contributed by atoms with Crippen molar-refractivity contribution in [2.45, 2.75) is 5.92 Å². The van der Waals surface area contributed by atoms with E-state index in [0.717, 1.165) is 16.9 Å². The van der Waals surface area contributed by atoms with Gasteiger partial charge in [0.05, 0.1) is 13.3 Å². The van der Waals surface area contributed by atoms with E-state index in [0.29, 0.717) is 17.9 Å². The Balaban J connectivity index is 1.34. The Labute approximate surface area is 208 Å². The third-order valence-corrected chi connectivity index (χ3v) is 5.68. The lowest BCUT2D eigenvalue weighted by Crippen LogP contribution is -2.34. The molecule has 0 aromatic heterocycles. The quantitative estimate of drug-likeness (QED) is 0.128. The van der Waals surface area contributed by atoms with Crippen molar-refractivity contribution in [2.24, 2.45) is 11.0 Å². The number of esters is 1. The molecule has 0 bridgehead atoms. The van der Waals surface area contributed by atoms with Crippen LogP contribution in [0.15, 0.2) is 90.0 Å². The van der Waals surface area contributed by atoms with Crippen LogP contribution in [0.5, 0.6) is 11.5 Å². The van der Waals surface area contributed by atoms with E-state index in [2.05, 4.69) is 15.8 Å². The van der Waals surface area contributed by atoms with E-state index < -0.39 is 17.8 Å². The summed E-state index contributed by atoms with van der Waals surface area (Å²) in [5.74, 6) is -1.42. The van der Waals surface area contributed by atoms with Gasteiger partial charge in [0.1, 0.15) is 17.4 Å². The number of rotatable bonds is 8. The highest BCUT2D eigenvalue weighted by Crippen LogP contribution is 2.29. The number of carbonyl (C=O) groups excluding carboxylic acids is 3. The predicted molar refractivity (Wildman–Crippen MR) is 136 cm³/mol. The van der Waals surface area contributed by atoms with Crippen molar-refractivity contribution in [1.82, 2.24) is 10.7 Å². The van der Waals surface area contributed by atoms with Crippen LogP contribution in [-0.4, -0.2) is 37.7 Å². The lowest BCUT2D eigenvalue weighted by atomic mass is 9.88. The highest BCUT2D eigenvalue weighted by molar-refractivity contribution is 6.03. The largest absolute Gasteiger partial charge is 0.497 e. The molecule has 0 spiro atoms. The minimum absolute atomic E-state index is 0.261. The topological polar surface area (TPSA) is 106 Å². The van der Waals surface area contributed by atoms with Crippen molar-refractivity contribution < 1.29 is 23.9 Å². The zero-order valence-electron chi connectivity index (χ0n) is 19.6. The molecule has 1 fully saturated rings. The molecule has 4 rings (SSSR count). The molecule has 3 aromatic rings. The fourth-order valence-electron chi connectivity index (χ4n) is 3.86. The van der Waals surface area contributed by atoms with Crippen molar-refractivity contribution in [2.75, 3.05) is 13.7 Å². The summed E-state index contributed by atoms with van der Waals surface area (Å²) in [7, 11) is 1.59. The molecule has 2 amide bonds. The average Bonchev–Trinajstić information content (AvgIpc) is 3.30. The van der Waals surface area contributed by atoms with Crippen LogP contribution in [-0.2, 0) is 14.4 Å². The van der Waals surface area contributed by atoms with Crippen molar-refractivity contribution in [3.05, 3.63) is 102 Å². The Kier molecular flexibility index (Phi) is 7.87. The second-order valence-electron chi connectivity index (χ2n) is 8.07. The number of nitrogens with one attached hydrogen (secondary N) is 2. The third-order valence-electron chi connectivity index (χ3n) is 5.68. The number of ether oxygens (including phenoxy) is 2. The molecule has 1 heterocycles. The van der Waals surface area contributed by atoms with Crippen LogP contribution in [0.3, 0.4) is 0 Å². The number of benzene rings is 3. The van der Waals surface area contributed by atoms with Crippen LogP contribution in [0.4, 0.5) is 0 Å². The van der Waals surface area contributed by atoms with Crippen LogP contribution in [0.1, 0.15) is 22.6 Å². The predicted octanol–water partition coefficient (Wildman–Crippen LogP) is 3.29. The molecule has 8 nitrogen and oxygen atoms in total. The van der Waals surface area contributed by atoms with Gasteiger partial charge < -0.3 is 14.8 Å². The number of hydrogen-bond acceptors (Lipinski definition) is 6. The van der Waals surface area contributed by atoms with E-state index in [1.54, 1.807) is 49.6 Å². The molecule has 36 heavy (non-hydrogen) atoms. The maximum Gasteiger partial charge on any atom is 0.336 e. The molecular formula is C28H25N3O5. The maximum absolute atomic E-state index is 12.7. The standard InChI is InChI=1S/C28H25N3O5/c1-35-22-13-10-19(11-14-22)12-15-25(32)36-23-9-5-6-20(16-23)17-30-31-28(34)26-24(18-29-27(26)33)21-7-3-2-4-8-21/h2-17,24,26H,18H2,1H3,(H,29,33)(H,31,34)/b15-12+,30-17?/t24-,26+/m1/s1. The number of hydrazone groups is 1. The van der Waals surface area contributed by atoms with Crippen LogP contribution in [0.2, 0.25) is 0 Å². The summed E-state index contributed by atoms with van der Waals surface area (Å²) in [4.78, 5) is 37.2. The summed E-state index contributed by atoms with van der Waals surface area (Å²) in [6.07, 6.45) is 4.40. The number of nitrogens with zero attached hydrogens (tertiary/aromatic N) is 1.